The summed E-state index contributed by atoms with van der Waals surface area (Å²) >= 11 is 6.45. The Morgan fingerprint density at radius 3 is 2.84 bits per heavy atom. The fourth-order valence-corrected chi connectivity index (χ4v) is 4.34. The number of nitrogens with one attached hydrogen (secondary N) is 2. The molecule has 0 fully saturated rings. The van der Waals surface area contributed by atoms with Crippen LogP contribution in [0.15, 0.2) is 77.6 Å². The third kappa shape index (κ3) is 7.65. The highest BCUT2D eigenvalue weighted by atomic mass is 35.5. The number of rotatable bonds is 12. The molecule has 1 amide bonds. The van der Waals surface area contributed by atoms with Gasteiger partial charge in [-0.3, -0.25) is 9.78 Å². The van der Waals surface area contributed by atoms with Crippen molar-refractivity contribution in [2.75, 3.05) is 20.3 Å². The van der Waals surface area contributed by atoms with Crippen LogP contribution < -0.4 is 11.1 Å². The minimum Gasteiger partial charge on any atom is -0.398 e. The summed E-state index contributed by atoms with van der Waals surface area (Å²) in [7, 11) is 1.53. The molecule has 0 radical (unpaired) electrons. The van der Waals surface area contributed by atoms with Gasteiger partial charge in [0, 0.05) is 36.9 Å². The molecular formula is C27H29ClFN5O3. The van der Waals surface area contributed by atoms with Gasteiger partial charge in [-0.1, -0.05) is 41.1 Å². The molecule has 0 saturated heterocycles. The van der Waals surface area contributed by atoms with Crippen LogP contribution in [0, 0.1) is 16.2 Å². The number of nitroso groups, excluding NO2 is 1. The third-order valence-corrected chi connectivity index (χ3v) is 6.17. The number of hydrogen-bond donors (Lipinski definition) is 3. The van der Waals surface area contributed by atoms with E-state index in [1.807, 2.05) is 6.07 Å². The van der Waals surface area contributed by atoms with Gasteiger partial charge in [-0.2, -0.15) is 4.91 Å². The van der Waals surface area contributed by atoms with Crippen LogP contribution in [0.4, 0.5) is 4.39 Å². The second-order valence-electron chi connectivity index (χ2n) is 8.60. The lowest BCUT2D eigenvalue weighted by atomic mass is 9.96. The number of hydrogen-bond acceptors (Lipinski definition) is 7. The number of allylic oxidation sites excluding steroid dienone is 5. The van der Waals surface area contributed by atoms with Crippen molar-refractivity contribution < 1.29 is 13.9 Å². The summed E-state index contributed by atoms with van der Waals surface area (Å²) in [4.78, 5) is 28.8. The number of aromatic nitrogens is 1. The maximum absolute atomic E-state index is 13.5. The van der Waals surface area contributed by atoms with Gasteiger partial charge in [0.25, 0.3) is 5.91 Å². The Morgan fingerprint density at radius 2 is 2.19 bits per heavy atom. The first-order chi connectivity index (χ1) is 17.8. The second-order valence-corrected chi connectivity index (χ2v) is 9.00. The van der Waals surface area contributed by atoms with E-state index in [4.69, 9.17) is 27.5 Å². The van der Waals surface area contributed by atoms with Crippen molar-refractivity contribution in [3.63, 3.8) is 0 Å². The number of halogens is 2. The Labute approximate surface area is 219 Å². The van der Waals surface area contributed by atoms with Gasteiger partial charge in [0.15, 0.2) is 0 Å². The molecule has 3 atom stereocenters. The summed E-state index contributed by atoms with van der Waals surface area (Å²) in [5.74, 6) is -0.692. The van der Waals surface area contributed by atoms with Gasteiger partial charge >= 0.3 is 0 Å². The smallest absolute Gasteiger partial charge is 0.252 e. The van der Waals surface area contributed by atoms with Crippen LogP contribution in [-0.4, -0.2) is 43.0 Å². The van der Waals surface area contributed by atoms with E-state index in [1.54, 1.807) is 42.6 Å². The molecule has 3 rings (SSSR count). The summed E-state index contributed by atoms with van der Waals surface area (Å²) in [5.41, 5.74) is 8.14. The molecule has 37 heavy (non-hydrogen) atoms. The molecule has 3 unspecified atom stereocenters. The van der Waals surface area contributed by atoms with E-state index in [0.29, 0.717) is 24.3 Å². The predicted octanol–water partition coefficient (Wildman–Crippen LogP) is 5.17. The van der Waals surface area contributed by atoms with E-state index in [2.05, 4.69) is 15.5 Å². The maximum atomic E-state index is 13.5. The molecule has 1 aliphatic rings. The number of pyridine rings is 1. The van der Waals surface area contributed by atoms with Crippen LogP contribution in [0.2, 0.25) is 5.02 Å². The molecule has 0 aliphatic heterocycles. The highest BCUT2D eigenvalue weighted by Crippen LogP contribution is 2.28. The first-order valence-electron chi connectivity index (χ1n) is 11.7. The van der Waals surface area contributed by atoms with Crippen molar-refractivity contribution >= 4 is 28.9 Å². The molecule has 0 spiro atoms. The molecule has 0 saturated carbocycles. The number of benzene rings is 1. The third-order valence-electron chi connectivity index (χ3n) is 5.86. The van der Waals surface area contributed by atoms with Gasteiger partial charge in [0.1, 0.15) is 6.17 Å². The maximum Gasteiger partial charge on any atom is 0.252 e. The Hall–Kier alpha value is -3.69. The van der Waals surface area contributed by atoms with Gasteiger partial charge in [0.05, 0.1) is 41.2 Å². The van der Waals surface area contributed by atoms with Crippen molar-refractivity contribution in [1.29, 1.82) is 5.41 Å². The number of amides is 1. The Kier molecular flexibility index (Phi) is 10.2. The van der Waals surface area contributed by atoms with E-state index in [9.17, 15) is 14.1 Å². The second kappa shape index (κ2) is 13.6. The molecule has 1 aliphatic carbocycles. The van der Waals surface area contributed by atoms with E-state index in [1.165, 1.54) is 25.3 Å². The number of ether oxygens (including phenoxy) is 1. The lowest BCUT2D eigenvalue weighted by Gasteiger charge is -2.23. The zero-order chi connectivity index (χ0) is 26.8. The van der Waals surface area contributed by atoms with Gasteiger partial charge in [-0.25, -0.2) is 4.39 Å². The number of alkyl halides is 1. The number of carbonyl (C=O) groups excluding carboxylic acids is 1. The number of nitrogens with two attached hydrogens (primary N) is 1. The molecule has 1 heterocycles. The van der Waals surface area contributed by atoms with Crippen LogP contribution in [0.3, 0.4) is 0 Å². The average Bonchev–Trinajstić information content (AvgIpc) is 2.89. The molecule has 0 bridgehead atoms. The van der Waals surface area contributed by atoms with E-state index >= 15 is 0 Å². The standard InChI is InChI=1S/C27H29ClFN5O3/c1-37-16-17(15-33-36)13-25(24-7-2-3-12-32-24)34-27(35)20-5-4-6-21(28)26(20)23(31)14-22(30)18-8-10-19(29)11-9-18/h2-10,12,14,17,19,25,30H,11,13,15-16,31H2,1H3,(H,34,35). The zero-order valence-corrected chi connectivity index (χ0v) is 21.1. The zero-order valence-electron chi connectivity index (χ0n) is 20.4. The minimum absolute atomic E-state index is 0.0285. The fraction of sp³-hybridized carbons (Fsp3) is 0.296. The summed E-state index contributed by atoms with van der Waals surface area (Å²) in [5, 5.41) is 14.6. The Bertz CT molecular complexity index is 1220. The normalized spacial score (nSPS) is 17.0. The average molecular weight is 526 g/mol. The van der Waals surface area contributed by atoms with Crippen LogP contribution in [-0.2, 0) is 4.74 Å². The molecule has 194 valence electrons. The summed E-state index contributed by atoms with van der Waals surface area (Å²) < 4.78 is 18.6. The Morgan fingerprint density at radius 1 is 1.38 bits per heavy atom. The van der Waals surface area contributed by atoms with Crippen molar-refractivity contribution in [3.8, 4) is 0 Å². The van der Waals surface area contributed by atoms with Crippen molar-refractivity contribution in [1.82, 2.24) is 10.3 Å². The van der Waals surface area contributed by atoms with Crippen LogP contribution >= 0.6 is 11.6 Å². The van der Waals surface area contributed by atoms with Crippen molar-refractivity contribution in [2.24, 2.45) is 16.8 Å². The summed E-state index contributed by atoms with van der Waals surface area (Å²) in [6.07, 6.45) is 7.03. The van der Waals surface area contributed by atoms with Gasteiger partial charge in [-0.05, 0) is 48.4 Å². The number of nitrogens with zero attached hydrogens (tertiary/aromatic N) is 2. The molecular weight excluding hydrogens is 497 g/mol. The number of carbonyl (C=O) groups is 1. The van der Waals surface area contributed by atoms with Crippen molar-refractivity contribution in [2.45, 2.75) is 25.1 Å². The van der Waals surface area contributed by atoms with Crippen LogP contribution in [0.1, 0.15) is 40.5 Å². The Balaban J connectivity index is 1.90. The molecule has 1 aromatic heterocycles. The highest BCUT2D eigenvalue weighted by molar-refractivity contribution is 6.33. The molecule has 2 aromatic rings. The van der Waals surface area contributed by atoms with E-state index < -0.39 is 18.1 Å². The summed E-state index contributed by atoms with van der Waals surface area (Å²) in [6, 6.07) is 9.63. The topological polar surface area (TPSA) is 131 Å². The largest absolute Gasteiger partial charge is 0.398 e. The van der Waals surface area contributed by atoms with Gasteiger partial charge < -0.3 is 21.2 Å². The lowest BCUT2D eigenvalue weighted by molar-refractivity contribution is 0.0917. The van der Waals surface area contributed by atoms with E-state index in [-0.39, 0.29) is 46.4 Å². The monoisotopic (exact) mass is 525 g/mol. The van der Waals surface area contributed by atoms with Crippen LogP contribution in [0.5, 0.6) is 0 Å². The highest BCUT2D eigenvalue weighted by Gasteiger charge is 2.24. The molecule has 8 nitrogen and oxygen atoms in total. The first kappa shape index (κ1) is 27.9. The van der Waals surface area contributed by atoms with Gasteiger partial charge in [-0.15, -0.1) is 0 Å². The quantitative estimate of drug-likeness (QED) is 0.260. The summed E-state index contributed by atoms with van der Waals surface area (Å²) in [6.45, 7) is 0.319. The molecule has 1 aromatic carbocycles. The number of methoxy groups -OCH3 is 1. The lowest BCUT2D eigenvalue weighted by Crippen LogP contribution is -2.32. The SMILES string of the molecule is COCC(CN=O)CC(NC(=O)c1cccc(Cl)c1C(N)=CC(=N)C1=CCC(F)C=C1)c1ccccn1. The fourth-order valence-electron chi connectivity index (χ4n) is 4.05. The molecule has 4 N–H and O–H groups in total. The van der Waals surface area contributed by atoms with E-state index in [0.717, 1.165) is 0 Å². The molecule has 10 heteroatoms. The predicted molar refractivity (Wildman–Crippen MR) is 143 cm³/mol. The van der Waals surface area contributed by atoms with Gasteiger partial charge in [0.2, 0.25) is 0 Å². The van der Waals surface area contributed by atoms with Crippen molar-refractivity contribution in [3.05, 3.63) is 99.2 Å². The minimum atomic E-state index is -1.07. The first-order valence-corrected chi connectivity index (χ1v) is 12.1. The van der Waals surface area contributed by atoms with Crippen LogP contribution in [0.25, 0.3) is 5.70 Å².